The molecule has 3 saturated heterocycles. The average molecular weight is 868 g/mol. The van der Waals surface area contributed by atoms with Crippen molar-refractivity contribution in [3.05, 3.63) is 12.7 Å². The third-order valence-electron chi connectivity index (χ3n) is 17.7. The molecule has 0 aromatic carbocycles. The number of hydrogen-bond donors (Lipinski definition) is 2. The summed E-state index contributed by atoms with van der Waals surface area (Å²) in [6.07, 6.45) is 15.4. The number of allylic oxidation sites excluding steroid dienone is 1. The molecule has 3 amide bonds. The van der Waals surface area contributed by atoms with Gasteiger partial charge < -0.3 is 10.2 Å². The fourth-order valence-electron chi connectivity index (χ4n) is 13.4. The number of ketones is 2. The Labute approximate surface area is 366 Å². The first-order valence-corrected chi connectivity index (χ1v) is 25.5. The number of Topliss-reactive ketones (excluding diaryl/α,β-unsaturated/α-hetero) is 2. The van der Waals surface area contributed by atoms with Crippen molar-refractivity contribution in [3.63, 3.8) is 0 Å². The van der Waals surface area contributed by atoms with Crippen LogP contribution in [0.1, 0.15) is 164 Å². The van der Waals surface area contributed by atoms with Crippen LogP contribution in [-0.2, 0) is 34.2 Å². The van der Waals surface area contributed by atoms with Gasteiger partial charge >= 0.3 is 10.2 Å². The van der Waals surface area contributed by atoms with E-state index < -0.39 is 44.9 Å². The van der Waals surface area contributed by atoms with E-state index in [4.69, 9.17) is 0 Å². The SMILES string of the molecule is C=C[C@@H]1C[C@]1(CC(=O)[C@@H]1C[C@@]2(CN1C(=O)[C@@H](CC(=O)[C@@H](NC(=O)[C@H]1CCCCN1C(C)C)C1CCCCC1)C(C)(C)C)C(C)(C)C21CCC1)C(=O)NS(=O)(=O)N1CCCCC1. The Morgan fingerprint density at radius 3 is 2.00 bits per heavy atom. The van der Waals surface area contributed by atoms with Crippen LogP contribution >= 0.6 is 0 Å². The lowest BCUT2D eigenvalue weighted by molar-refractivity contribution is -0.147. The lowest BCUT2D eigenvalue weighted by Crippen LogP contribution is -2.57. The van der Waals surface area contributed by atoms with Crippen LogP contribution in [0.4, 0.5) is 0 Å². The summed E-state index contributed by atoms with van der Waals surface area (Å²) < 4.78 is 30.4. The van der Waals surface area contributed by atoms with Gasteiger partial charge in [0.15, 0.2) is 11.6 Å². The quantitative estimate of drug-likeness (QED) is 0.172. The van der Waals surface area contributed by atoms with E-state index in [0.29, 0.717) is 32.5 Å². The summed E-state index contributed by atoms with van der Waals surface area (Å²) in [7, 11) is -4.08. The zero-order valence-electron chi connectivity index (χ0n) is 38.5. The van der Waals surface area contributed by atoms with Crippen molar-refractivity contribution in [3.8, 4) is 0 Å². The Hall–Kier alpha value is -2.64. The van der Waals surface area contributed by atoms with Gasteiger partial charge in [-0.25, -0.2) is 4.72 Å². The van der Waals surface area contributed by atoms with E-state index in [-0.39, 0.29) is 76.4 Å². The number of carbonyl (C=O) groups excluding carboxylic acids is 5. The van der Waals surface area contributed by atoms with Crippen LogP contribution in [0.25, 0.3) is 0 Å². The molecule has 0 unspecified atom stereocenters. The van der Waals surface area contributed by atoms with Gasteiger partial charge in [0.1, 0.15) is 0 Å². The van der Waals surface area contributed by atoms with Crippen LogP contribution in [0.3, 0.4) is 0 Å². The third kappa shape index (κ3) is 8.21. The first-order chi connectivity index (χ1) is 28.7. The second-order valence-corrected chi connectivity index (χ2v) is 24.1. The van der Waals surface area contributed by atoms with Crippen LogP contribution < -0.4 is 10.0 Å². The monoisotopic (exact) mass is 868 g/mol. The highest BCUT2D eigenvalue weighted by Gasteiger charge is 2.85. The largest absolute Gasteiger partial charge is 0.345 e. The number of piperidine rings is 2. The molecular formula is C48H77N5O7S. The number of rotatable bonds is 15. The minimum Gasteiger partial charge on any atom is -0.345 e. The first kappa shape index (κ1) is 46.4. The van der Waals surface area contributed by atoms with Gasteiger partial charge in [0.25, 0.3) is 0 Å². The van der Waals surface area contributed by atoms with Gasteiger partial charge in [-0.3, -0.25) is 28.9 Å². The van der Waals surface area contributed by atoms with Gasteiger partial charge in [0.05, 0.1) is 23.5 Å². The van der Waals surface area contributed by atoms with Crippen LogP contribution in [0, 0.1) is 44.8 Å². The van der Waals surface area contributed by atoms with Crippen molar-refractivity contribution in [2.75, 3.05) is 26.2 Å². The Balaban J connectivity index is 1.15. The molecule has 2 spiro atoms. The Bertz CT molecular complexity index is 1840. The maximum Gasteiger partial charge on any atom is 0.303 e. The Morgan fingerprint density at radius 1 is 0.820 bits per heavy atom. The van der Waals surface area contributed by atoms with Gasteiger partial charge in [-0.15, -0.1) is 6.58 Å². The lowest BCUT2D eigenvalue weighted by atomic mass is 9.73. The number of likely N-dealkylation sites (tertiary alicyclic amines) is 2. The summed E-state index contributed by atoms with van der Waals surface area (Å²) in [6.45, 7) is 20.6. The van der Waals surface area contributed by atoms with Gasteiger partial charge in [0.2, 0.25) is 17.7 Å². The molecular weight excluding hydrogens is 791 g/mol. The average Bonchev–Trinajstić information content (AvgIpc) is 3.93. The lowest BCUT2D eigenvalue weighted by Gasteiger charge is -2.40. The highest BCUT2D eigenvalue weighted by atomic mass is 32.2. The van der Waals surface area contributed by atoms with Crippen molar-refractivity contribution in [1.82, 2.24) is 24.1 Å². The molecule has 2 N–H and O–H groups in total. The van der Waals surface area contributed by atoms with E-state index in [9.17, 15) is 27.6 Å². The van der Waals surface area contributed by atoms with E-state index in [1.165, 1.54) is 4.31 Å². The molecule has 0 radical (unpaired) electrons. The predicted molar refractivity (Wildman–Crippen MR) is 236 cm³/mol. The van der Waals surface area contributed by atoms with Gasteiger partial charge in [-0.05, 0) is 113 Å². The molecule has 0 aromatic rings. The van der Waals surface area contributed by atoms with Gasteiger partial charge in [-0.1, -0.05) is 79.2 Å². The summed E-state index contributed by atoms with van der Waals surface area (Å²) in [5.41, 5.74) is -2.24. The van der Waals surface area contributed by atoms with Crippen molar-refractivity contribution in [2.24, 2.45) is 44.8 Å². The van der Waals surface area contributed by atoms with Crippen LogP contribution in [-0.4, -0.2) is 102 Å². The van der Waals surface area contributed by atoms with Gasteiger partial charge in [0, 0.05) is 49.9 Å². The van der Waals surface area contributed by atoms with Crippen molar-refractivity contribution in [1.29, 1.82) is 0 Å². The Morgan fingerprint density at radius 2 is 1.44 bits per heavy atom. The van der Waals surface area contributed by atoms with E-state index >= 15 is 4.79 Å². The smallest absolute Gasteiger partial charge is 0.303 e. The second-order valence-electron chi connectivity index (χ2n) is 22.4. The highest BCUT2D eigenvalue weighted by molar-refractivity contribution is 7.87. The normalized spacial score (nSPS) is 32.5. The molecule has 7 aliphatic rings. The number of amides is 3. The van der Waals surface area contributed by atoms with E-state index in [1.54, 1.807) is 11.0 Å². The summed E-state index contributed by atoms with van der Waals surface area (Å²) in [5.74, 6) is -2.44. The summed E-state index contributed by atoms with van der Waals surface area (Å²) in [6, 6.07) is -1.57. The van der Waals surface area contributed by atoms with Crippen LogP contribution in [0.5, 0.6) is 0 Å². The minimum absolute atomic E-state index is 0.00421. The predicted octanol–water partition coefficient (Wildman–Crippen LogP) is 6.73. The molecule has 7 rings (SSSR count). The maximum atomic E-state index is 15.4. The minimum atomic E-state index is -4.08. The standard InChI is InChI=1S/C48H77N5O7S/c1-9-34-28-46(34,43(58)50-61(59,60)51-24-15-11-16-25-51)30-39(55)37-29-48(45(7,8)47(48)22-18-23-47)31-53(37)42(57)35(44(4,5)6)27-38(54)40(33-19-12-10-13-20-33)49-41(56)36-21-14-17-26-52(36)32(2)3/h9,32-37,40H,1,10-31H2,2-8H3,(H,49,56)(H,50,58)/t34-,35-,36-,37+,40+,46-,48-/m1/s1. The molecule has 7 atom stereocenters. The van der Waals surface area contributed by atoms with Crippen molar-refractivity contribution in [2.45, 2.75) is 188 Å². The highest BCUT2D eigenvalue weighted by Crippen LogP contribution is 2.88. The molecule has 12 nitrogen and oxygen atoms in total. The van der Waals surface area contributed by atoms with E-state index in [2.05, 4.69) is 49.2 Å². The van der Waals surface area contributed by atoms with Crippen LogP contribution in [0.15, 0.2) is 12.7 Å². The van der Waals surface area contributed by atoms with Gasteiger partial charge in [-0.2, -0.15) is 12.7 Å². The fourth-order valence-corrected chi connectivity index (χ4v) is 14.8. The molecule has 3 heterocycles. The molecule has 4 aliphatic carbocycles. The number of hydrogen-bond acceptors (Lipinski definition) is 8. The molecule has 3 aliphatic heterocycles. The second kappa shape index (κ2) is 17.1. The molecule has 7 fully saturated rings. The molecule has 342 valence electrons. The summed E-state index contributed by atoms with van der Waals surface area (Å²) >= 11 is 0. The zero-order chi connectivity index (χ0) is 44.3. The third-order valence-corrected chi connectivity index (χ3v) is 19.2. The number of fused-ring (bicyclic) bond motifs is 1. The molecule has 4 saturated carbocycles. The summed E-state index contributed by atoms with van der Waals surface area (Å²) in [4.78, 5) is 77.4. The zero-order valence-corrected chi connectivity index (χ0v) is 39.3. The fraction of sp³-hybridized carbons (Fsp3) is 0.854. The van der Waals surface area contributed by atoms with Crippen molar-refractivity contribution >= 4 is 39.5 Å². The molecule has 0 aromatic heterocycles. The topological polar surface area (TPSA) is 153 Å². The van der Waals surface area contributed by atoms with Crippen molar-refractivity contribution < 1.29 is 32.4 Å². The number of nitrogens with zero attached hydrogens (tertiary/aromatic N) is 3. The van der Waals surface area contributed by atoms with E-state index in [1.807, 2.05) is 20.8 Å². The number of carbonyl (C=O) groups is 5. The maximum absolute atomic E-state index is 15.4. The molecule has 0 bridgehead atoms. The first-order valence-electron chi connectivity index (χ1n) is 24.0. The number of nitrogens with one attached hydrogen (secondary N) is 2. The molecule has 13 heteroatoms. The molecule has 61 heavy (non-hydrogen) atoms. The van der Waals surface area contributed by atoms with Crippen LogP contribution in [0.2, 0.25) is 0 Å². The Kier molecular flexibility index (Phi) is 13.0. The van der Waals surface area contributed by atoms with E-state index in [0.717, 1.165) is 96.4 Å². The summed E-state index contributed by atoms with van der Waals surface area (Å²) in [5, 5.41) is 3.28.